The van der Waals surface area contributed by atoms with Gasteiger partial charge in [-0.15, -0.1) is 0 Å². The van der Waals surface area contributed by atoms with Gasteiger partial charge < -0.3 is 10.1 Å². The van der Waals surface area contributed by atoms with Crippen molar-refractivity contribution in [3.05, 3.63) is 11.8 Å². The molecule has 1 aromatic heterocycles. The van der Waals surface area contributed by atoms with Crippen LogP contribution in [0, 0.1) is 0 Å². The van der Waals surface area contributed by atoms with Crippen molar-refractivity contribution in [3.63, 3.8) is 0 Å². The molecule has 1 rings (SSSR count). The molecular weight excluding hydrogens is 202 g/mol. The SMILES string of the molecule is CCCc1cc(NC(C)CCOC)n(C)n1. The number of hydrogen-bond donors (Lipinski definition) is 1. The average Bonchev–Trinajstić information content (AvgIpc) is 2.57. The van der Waals surface area contributed by atoms with E-state index in [9.17, 15) is 0 Å². The molecule has 1 N–H and O–H groups in total. The molecule has 4 nitrogen and oxygen atoms in total. The normalized spacial score (nSPS) is 12.8. The van der Waals surface area contributed by atoms with Gasteiger partial charge in [0, 0.05) is 32.9 Å². The van der Waals surface area contributed by atoms with Crippen LogP contribution in [0.3, 0.4) is 0 Å². The van der Waals surface area contributed by atoms with E-state index < -0.39 is 0 Å². The van der Waals surface area contributed by atoms with E-state index in [4.69, 9.17) is 4.74 Å². The Morgan fingerprint density at radius 2 is 2.31 bits per heavy atom. The average molecular weight is 225 g/mol. The summed E-state index contributed by atoms with van der Waals surface area (Å²) in [4.78, 5) is 0. The number of rotatable bonds is 7. The maximum absolute atomic E-state index is 5.06. The van der Waals surface area contributed by atoms with Crippen LogP contribution in [-0.4, -0.2) is 29.5 Å². The third-order valence-electron chi connectivity index (χ3n) is 2.59. The number of aromatic nitrogens is 2. The second-order valence-electron chi connectivity index (χ2n) is 4.22. The van der Waals surface area contributed by atoms with Crippen LogP contribution in [0.1, 0.15) is 32.4 Å². The maximum Gasteiger partial charge on any atom is 0.124 e. The standard InChI is InChI=1S/C12H23N3O/c1-5-6-11-9-12(15(3)14-11)13-10(2)7-8-16-4/h9-10,13H,5-8H2,1-4H3. The van der Waals surface area contributed by atoms with Gasteiger partial charge in [0.25, 0.3) is 0 Å². The molecule has 1 atom stereocenters. The van der Waals surface area contributed by atoms with Gasteiger partial charge in [0.2, 0.25) is 0 Å². The van der Waals surface area contributed by atoms with Crippen molar-refractivity contribution in [1.82, 2.24) is 9.78 Å². The molecule has 0 amide bonds. The Balaban J connectivity index is 2.52. The molecule has 1 unspecified atom stereocenters. The van der Waals surface area contributed by atoms with E-state index in [1.54, 1.807) is 7.11 Å². The van der Waals surface area contributed by atoms with Crippen molar-refractivity contribution < 1.29 is 4.74 Å². The van der Waals surface area contributed by atoms with Crippen LogP contribution in [-0.2, 0) is 18.2 Å². The zero-order chi connectivity index (χ0) is 12.0. The molecular formula is C12H23N3O. The van der Waals surface area contributed by atoms with Crippen molar-refractivity contribution >= 4 is 5.82 Å². The third kappa shape index (κ3) is 3.85. The number of anilines is 1. The summed E-state index contributed by atoms with van der Waals surface area (Å²) in [5.74, 6) is 1.09. The summed E-state index contributed by atoms with van der Waals surface area (Å²) in [5, 5.41) is 7.90. The summed E-state index contributed by atoms with van der Waals surface area (Å²) in [6, 6.07) is 2.54. The minimum Gasteiger partial charge on any atom is -0.385 e. The van der Waals surface area contributed by atoms with E-state index in [-0.39, 0.29) is 0 Å². The molecule has 0 aliphatic rings. The van der Waals surface area contributed by atoms with Crippen LogP contribution in [0.5, 0.6) is 0 Å². The lowest BCUT2D eigenvalue weighted by Crippen LogP contribution is -2.18. The number of hydrogen-bond acceptors (Lipinski definition) is 3. The Labute approximate surface area is 98.0 Å². The molecule has 0 saturated heterocycles. The van der Waals surface area contributed by atoms with Crippen molar-refractivity contribution in [3.8, 4) is 0 Å². The van der Waals surface area contributed by atoms with Crippen molar-refractivity contribution in [1.29, 1.82) is 0 Å². The van der Waals surface area contributed by atoms with Gasteiger partial charge in [-0.05, 0) is 19.8 Å². The molecule has 0 fully saturated rings. The minimum absolute atomic E-state index is 0.407. The topological polar surface area (TPSA) is 39.1 Å². The molecule has 0 aliphatic carbocycles. The first-order valence-corrected chi connectivity index (χ1v) is 5.95. The van der Waals surface area contributed by atoms with E-state index in [0.29, 0.717) is 6.04 Å². The predicted molar refractivity (Wildman–Crippen MR) is 66.8 cm³/mol. The molecule has 0 radical (unpaired) electrons. The summed E-state index contributed by atoms with van der Waals surface area (Å²) in [6.07, 6.45) is 3.18. The van der Waals surface area contributed by atoms with Crippen LogP contribution < -0.4 is 5.32 Å². The fourth-order valence-electron chi connectivity index (χ4n) is 1.66. The molecule has 0 bridgehead atoms. The Bertz CT molecular complexity index is 309. The Morgan fingerprint density at radius 1 is 1.56 bits per heavy atom. The number of methoxy groups -OCH3 is 1. The first kappa shape index (κ1) is 13.0. The van der Waals surface area contributed by atoms with E-state index >= 15 is 0 Å². The highest BCUT2D eigenvalue weighted by atomic mass is 16.5. The van der Waals surface area contributed by atoms with Gasteiger partial charge >= 0.3 is 0 Å². The molecule has 92 valence electrons. The molecule has 0 spiro atoms. The number of aryl methyl sites for hydroxylation is 2. The van der Waals surface area contributed by atoms with Crippen LogP contribution in [0.2, 0.25) is 0 Å². The Morgan fingerprint density at radius 3 is 2.94 bits per heavy atom. The van der Waals surface area contributed by atoms with Gasteiger partial charge in [0.15, 0.2) is 0 Å². The van der Waals surface area contributed by atoms with E-state index in [2.05, 4.69) is 30.3 Å². The number of nitrogens with zero attached hydrogens (tertiary/aromatic N) is 2. The summed E-state index contributed by atoms with van der Waals surface area (Å²) in [5.41, 5.74) is 1.16. The van der Waals surface area contributed by atoms with Gasteiger partial charge in [-0.3, -0.25) is 4.68 Å². The quantitative estimate of drug-likeness (QED) is 0.773. The summed E-state index contributed by atoms with van der Waals surface area (Å²) < 4.78 is 6.97. The predicted octanol–water partition coefficient (Wildman–Crippen LogP) is 2.21. The maximum atomic E-state index is 5.06. The molecule has 1 aromatic rings. The van der Waals surface area contributed by atoms with Crippen LogP contribution in [0.15, 0.2) is 6.07 Å². The second kappa shape index (κ2) is 6.53. The van der Waals surface area contributed by atoms with Crippen LogP contribution in [0.25, 0.3) is 0 Å². The first-order chi connectivity index (χ1) is 7.67. The molecule has 1 heterocycles. The highest BCUT2D eigenvalue weighted by Crippen LogP contribution is 2.12. The van der Waals surface area contributed by atoms with Crippen LogP contribution >= 0.6 is 0 Å². The smallest absolute Gasteiger partial charge is 0.124 e. The lowest BCUT2D eigenvalue weighted by atomic mass is 10.2. The van der Waals surface area contributed by atoms with E-state index in [0.717, 1.165) is 37.4 Å². The minimum atomic E-state index is 0.407. The zero-order valence-corrected chi connectivity index (χ0v) is 10.8. The highest BCUT2D eigenvalue weighted by molar-refractivity contribution is 5.37. The van der Waals surface area contributed by atoms with Gasteiger partial charge in [0.1, 0.15) is 5.82 Å². The van der Waals surface area contributed by atoms with Crippen LogP contribution in [0.4, 0.5) is 5.82 Å². The highest BCUT2D eigenvalue weighted by Gasteiger charge is 2.07. The monoisotopic (exact) mass is 225 g/mol. The molecule has 0 aromatic carbocycles. The lowest BCUT2D eigenvalue weighted by Gasteiger charge is -2.14. The molecule has 0 aliphatic heterocycles. The van der Waals surface area contributed by atoms with Crippen molar-refractivity contribution in [2.24, 2.45) is 7.05 Å². The zero-order valence-electron chi connectivity index (χ0n) is 10.8. The van der Waals surface area contributed by atoms with Gasteiger partial charge in [-0.2, -0.15) is 5.10 Å². The van der Waals surface area contributed by atoms with Gasteiger partial charge in [-0.25, -0.2) is 0 Å². The Kier molecular flexibility index (Phi) is 5.32. The van der Waals surface area contributed by atoms with Gasteiger partial charge in [0.05, 0.1) is 5.69 Å². The number of ether oxygens (including phenoxy) is 1. The van der Waals surface area contributed by atoms with Crippen molar-refractivity contribution in [2.45, 2.75) is 39.2 Å². The largest absolute Gasteiger partial charge is 0.385 e. The first-order valence-electron chi connectivity index (χ1n) is 5.95. The summed E-state index contributed by atoms with van der Waals surface area (Å²) in [6.45, 7) is 5.11. The van der Waals surface area contributed by atoms with Crippen molar-refractivity contribution in [2.75, 3.05) is 19.0 Å². The van der Waals surface area contributed by atoms with Gasteiger partial charge in [-0.1, -0.05) is 13.3 Å². The third-order valence-corrected chi connectivity index (χ3v) is 2.59. The number of nitrogens with one attached hydrogen (secondary N) is 1. The summed E-state index contributed by atoms with van der Waals surface area (Å²) in [7, 11) is 3.71. The Hall–Kier alpha value is -1.03. The molecule has 0 saturated carbocycles. The summed E-state index contributed by atoms with van der Waals surface area (Å²) >= 11 is 0. The van der Waals surface area contributed by atoms with E-state index in [1.807, 2.05) is 11.7 Å². The molecule has 16 heavy (non-hydrogen) atoms. The fourth-order valence-corrected chi connectivity index (χ4v) is 1.66. The second-order valence-corrected chi connectivity index (χ2v) is 4.22. The fraction of sp³-hybridized carbons (Fsp3) is 0.750. The molecule has 4 heteroatoms. The lowest BCUT2D eigenvalue weighted by molar-refractivity contribution is 0.191. The van der Waals surface area contributed by atoms with E-state index in [1.165, 1.54) is 0 Å².